The Balaban J connectivity index is 4.80. The standard InChI is InChI=1S/C11H20O3/c1-6-11(13-7-2,14-8-3)10(12)9(4)5/h6,10,12H,1,4,7-8H2,2-3,5H3. The Labute approximate surface area is 86.0 Å². The molecule has 3 heteroatoms. The van der Waals surface area contributed by atoms with Crippen molar-refractivity contribution < 1.29 is 14.6 Å². The van der Waals surface area contributed by atoms with Crippen LogP contribution in [0.1, 0.15) is 20.8 Å². The predicted molar refractivity (Wildman–Crippen MR) is 57.0 cm³/mol. The van der Waals surface area contributed by atoms with Crippen molar-refractivity contribution in [2.45, 2.75) is 32.7 Å². The summed E-state index contributed by atoms with van der Waals surface area (Å²) < 4.78 is 10.8. The monoisotopic (exact) mass is 200 g/mol. The molecule has 0 aromatic carbocycles. The summed E-state index contributed by atoms with van der Waals surface area (Å²) >= 11 is 0. The summed E-state index contributed by atoms with van der Waals surface area (Å²) in [5, 5.41) is 9.88. The number of ether oxygens (including phenoxy) is 2. The zero-order valence-electron chi connectivity index (χ0n) is 9.25. The van der Waals surface area contributed by atoms with Crippen molar-refractivity contribution >= 4 is 0 Å². The van der Waals surface area contributed by atoms with Crippen molar-refractivity contribution in [2.24, 2.45) is 0 Å². The van der Waals surface area contributed by atoms with E-state index in [1.54, 1.807) is 6.92 Å². The molecule has 0 rings (SSSR count). The molecule has 1 N–H and O–H groups in total. The van der Waals surface area contributed by atoms with Gasteiger partial charge in [0.2, 0.25) is 5.79 Å². The van der Waals surface area contributed by atoms with Crippen molar-refractivity contribution in [2.75, 3.05) is 13.2 Å². The van der Waals surface area contributed by atoms with E-state index in [-0.39, 0.29) is 0 Å². The van der Waals surface area contributed by atoms with Crippen LogP contribution in [0.4, 0.5) is 0 Å². The predicted octanol–water partition coefficient (Wildman–Crippen LogP) is 1.88. The van der Waals surface area contributed by atoms with Gasteiger partial charge in [-0.25, -0.2) is 0 Å². The van der Waals surface area contributed by atoms with Crippen LogP contribution in [-0.4, -0.2) is 30.2 Å². The maximum absolute atomic E-state index is 9.88. The molecule has 0 bridgehead atoms. The van der Waals surface area contributed by atoms with E-state index in [0.29, 0.717) is 18.8 Å². The second-order valence-electron chi connectivity index (χ2n) is 3.04. The molecule has 0 aromatic heterocycles. The molecular formula is C11H20O3. The van der Waals surface area contributed by atoms with E-state index in [4.69, 9.17) is 9.47 Å². The highest BCUT2D eigenvalue weighted by molar-refractivity contribution is 5.10. The topological polar surface area (TPSA) is 38.7 Å². The number of hydrogen-bond acceptors (Lipinski definition) is 3. The Kier molecular flexibility index (Phi) is 5.69. The van der Waals surface area contributed by atoms with Crippen molar-refractivity contribution in [3.05, 3.63) is 24.8 Å². The van der Waals surface area contributed by atoms with Crippen LogP contribution in [0, 0.1) is 0 Å². The van der Waals surface area contributed by atoms with Crippen molar-refractivity contribution in [3.63, 3.8) is 0 Å². The minimum Gasteiger partial charge on any atom is -0.383 e. The summed E-state index contributed by atoms with van der Waals surface area (Å²) in [6.45, 7) is 13.6. The fraction of sp³-hybridized carbons (Fsp3) is 0.636. The molecule has 82 valence electrons. The van der Waals surface area contributed by atoms with Crippen LogP contribution in [0.2, 0.25) is 0 Å². The molecule has 1 unspecified atom stereocenters. The fourth-order valence-electron chi connectivity index (χ4n) is 1.22. The zero-order chi connectivity index (χ0) is 11.2. The van der Waals surface area contributed by atoms with Crippen LogP contribution in [0.5, 0.6) is 0 Å². The lowest BCUT2D eigenvalue weighted by Gasteiger charge is -2.34. The average molecular weight is 200 g/mol. The van der Waals surface area contributed by atoms with Crippen molar-refractivity contribution in [3.8, 4) is 0 Å². The van der Waals surface area contributed by atoms with E-state index >= 15 is 0 Å². The number of aliphatic hydroxyl groups is 1. The van der Waals surface area contributed by atoms with Crippen LogP contribution in [-0.2, 0) is 9.47 Å². The minimum atomic E-state index is -1.16. The van der Waals surface area contributed by atoms with Gasteiger partial charge in [-0.05, 0) is 32.4 Å². The molecule has 0 aliphatic rings. The Hall–Kier alpha value is -0.640. The summed E-state index contributed by atoms with van der Waals surface area (Å²) in [5.41, 5.74) is 0.590. The third-order valence-electron chi connectivity index (χ3n) is 1.87. The number of rotatable bonds is 7. The fourth-order valence-corrected chi connectivity index (χ4v) is 1.22. The van der Waals surface area contributed by atoms with Gasteiger partial charge < -0.3 is 14.6 Å². The van der Waals surface area contributed by atoms with Crippen molar-refractivity contribution in [1.82, 2.24) is 0 Å². The molecule has 0 saturated heterocycles. The van der Waals surface area contributed by atoms with Gasteiger partial charge in [-0.2, -0.15) is 0 Å². The van der Waals surface area contributed by atoms with E-state index in [1.807, 2.05) is 13.8 Å². The second-order valence-corrected chi connectivity index (χ2v) is 3.04. The molecule has 0 heterocycles. The van der Waals surface area contributed by atoms with Crippen LogP contribution in [0.3, 0.4) is 0 Å². The number of hydrogen-bond donors (Lipinski definition) is 1. The van der Waals surface area contributed by atoms with Gasteiger partial charge >= 0.3 is 0 Å². The third kappa shape index (κ3) is 2.94. The van der Waals surface area contributed by atoms with E-state index in [9.17, 15) is 5.11 Å². The van der Waals surface area contributed by atoms with Crippen LogP contribution >= 0.6 is 0 Å². The second kappa shape index (κ2) is 5.96. The normalized spacial score (nSPS) is 13.7. The summed E-state index contributed by atoms with van der Waals surface area (Å²) in [7, 11) is 0. The van der Waals surface area contributed by atoms with E-state index in [1.165, 1.54) is 6.08 Å². The van der Waals surface area contributed by atoms with E-state index < -0.39 is 11.9 Å². The Morgan fingerprint density at radius 2 is 1.86 bits per heavy atom. The minimum absolute atomic E-state index is 0.441. The Morgan fingerprint density at radius 3 is 2.07 bits per heavy atom. The lowest BCUT2D eigenvalue weighted by Crippen LogP contribution is -2.46. The molecule has 0 aliphatic carbocycles. The Morgan fingerprint density at radius 1 is 1.43 bits per heavy atom. The quantitative estimate of drug-likeness (QED) is 0.503. The van der Waals surface area contributed by atoms with Crippen LogP contribution in [0.15, 0.2) is 24.8 Å². The SMILES string of the molecule is C=CC(OCC)(OCC)C(O)C(=C)C. The maximum Gasteiger partial charge on any atom is 0.218 e. The highest BCUT2D eigenvalue weighted by atomic mass is 16.7. The zero-order valence-corrected chi connectivity index (χ0v) is 9.25. The summed E-state index contributed by atoms with van der Waals surface area (Å²) in [6, 6.07) is 0. The summed E-state index contributed by atoms with van der Waals surface area (Å²) in [5.74, 6) is -1.16. The molecule has 1 atom stereocenters. The van der Waals surface area contributed by atoms with Crippen LogP contribution in [0.25, 0.3) is 0 Å². The molecule has 14 heavy (non-hydrogen) atoms. The van der Waals surface area contributed by atoms with E-state index in [2.05, 4.69) is 13.2 Å². The molecule has 0 saturated carbocycles. The molecule has 0 amide bonds. The largest absolute Gasteiger partial charge is 0.383 e. The highest BCUT2D eigenvalue weighted by Gasteiger charge is 2.37. The smallest absolute Gasteiger partial charge is 0.218 e. The molecule has 0 fully saturated rings. The van der Waals surface area contributed by atoms with Gasteiger partial charge in [0, 0.05) is 13.2 Å². The summed E-state index contributed by atoms with van der Waals surface area (Å²) in [4.78, 5) is 0. The molecule has 0 radical (unpaired) electrons. The van der Waals surface area contributed by atoms with Gasteiger partial charge in [0.15, 0.2) is 0 Å². The average Bonchev–Trinajstić information content (AvgIpc) is 2.16. The van der Waals surface area contributed by atoms with Gasteiger partial charge in [-0.1, -0.05) is 13.2 Å². The molecular weight excluding hydrogens is 180 g/mol. The first-order valence-electron chi connectivity index (χ1n) is 4.79. The third-order valence-corrected chi connectivity index (χ3v) is 1.87. The molecule has 0 aliphatic heterocycles. The summed E-state index contributed by atoms with van der Waals surface area (Å²) in [6.07, 6.45) is 0.583. The molecule has 0 spiro atoms. The first kappa shape index (κ1) is 13.4. The van der Waals surface area contributed by atoms with Gasteiger partial charge in [0.25, 0.3) is 0 Å². The lowest BCUT2D eigenvalue weighted by molar-refractivity contribution is -0.239. The highest BCUT2D eigenvalue weighted by Crippen LogP contribution is 2.24. The first-order chi connectivity index (χ1) is 6.54. The van der Waals surface area contributed by atoms with Gasteiger partial charge in [0.05, 0.1) is 0 Å². The van der Waals surface area contributed by atoms with Gasteiger partial charge in [-0.3, -0.25) is 0 Å². The molecule has 3 nitrogen and oxygen atoms in total. The Bertz CT molecular complexity index is 193. The lowest BCUT2D eigenvalue weighted by atomic mass is 10.0. The number of aliphatic hydroxyl groups excluding tert-OH is 1. The van der Waals surface area contributed by atoms with Crippen molar-refractivity contribution in [1.29, 1.82) is 0 Å². The molecule has 0 aromatic rings. The maximum atomic E-state index is 9.88. The van der Waals surface area contributed by atoms with Crippen LogP contribution < -0.4 is 0 Å². The van der Waals surface area contributed by atoms with E-state index in [0.717, 1.165) is 0 Å². The van der Waals surface area contributed by atoms with Gasteiger partial charge in [0.1, 0.15) is 6.10 Å². The first-order valence-corrected chi connectivity index (χ1v) is 4.79. The van der Waals surface area contributed by atoms with Gasteiger partial charge in [-0.15, -0.1) is 0 Å².